The number of alkyl halides is 2. The molecule has 2 saturated heterocycles. The molecular formula is C51H50Cl2F4I2N2NaO11S3+. The van der Waals surface area contributed by atoms with Crippen LogP contribution < -0.4 is 51.4 Å². The Hall–Kier alpha value is -3.35. The van der Waals surface area contributed by atoms with Crippen molar-refractivity contribution in [2.75, 3.05) is 66.1 Å². The predicted octanol–water partition coefficient (Wildman–Crippen LogP) is 5.69. The molecule has 404 valence electrons. The average Bonchev–Trinajstić information content (AvgIpc) is 3.42. The second kappa shape index (κ2) is 36.7. The molecule has 6 aromatic carbocycles. The smallest absolute Gasteiger partial charge is 1.00 e. The van der Waals surface area contributed by atoms with E-state index in [4.69, 9.17) is 31.6 Å². The molecule has 25 heteroatoms. The van der Waals surface area contributed by atoms with Gasteiger partial charge in [-0.2, -0.15) is 8.78 Å². The van der Waals surface area contributed by atoms with Crippen molar-refractivity contribution in [2.24, 2.45) is 0 Å². The van der Waals surface area contributed by atoms with E-state index in [1.165, 1.54) is 29.4 Å². The van der Waals surface area contributed by atoms with Crippen LogP contribution in [0.5, 0.6) is 23.0 Å². The van der Waals surface area contributed by atoms with E-state index >= 15 is 0 Å². The van der Waals surface area contributed by atoms with Crippen LogP contribution in [0.3, 0.4) is 0 Å². The van der Waals surface area contributed by atoms with Crippen molar-refractivity contribution in [1.82, 2.24) is 9.80 Å². The molecule has 0 aromatic heterocycles. The number of rotatable bonds is 8. The molecule has 10 rings (SSSR count). The molecule has 0 N–H and O–H groups in total. The number of carbonyl (C=O) groups excluding carboxylic acids is 2. The number of esters is 2. The maximum absolute atomic E-state index is 12.4. The van der Waals surface area contributed by atoms with Gasteiger partial charge in [-0.1, -0.05) is 84.9 Å². The molecule has 0 spiro atoms. The molecule has 4 heterocycles. The van der Waals surface area contributed by atoms with Gasteiger partial charge in [0.05, 0.1) is 26.4 Å². The number of halogens is 8. The molecule has 13 nitrogen and oxygen atoms in total. The average molecular weight is 1390 g/mol. The van der Waals surface area contributed by atoms with Gasteiger partial charge in [0.2, 0.25) is 25.6 Å². The summed E-state index contributed by atoms with van der Waals surface area (Å²) >= 11 is 4.24. The van der Waals surface area contributed by atoms with Gasteiger partial charge in [-0.3, -0.25) is 14.6 Å². The number of fused-ring (bicyclic) bond motifs is 4. The standard InChI is InChI=1S/2C18H13OS.C8H13F2NO3.C7H10F2NO3.2ClH.I2.Na.O3S/c2*1-2-8-14(9-3-1)20-17-12-6-4-10-15(17)19-16-11-5-7-13-18(16)20;1-8(9,10)7(12)14-6-11-2-4-13-5-3-11;8-6(9)7(11)13-5-10-1-3-12-4-2-10;;;1-2;;1-4(2)3/h2*1-13H;2-6H2,1H3;1-5H2;2*1H;;;/q2*+1;;-1;;;;+1;/p-1. The third-order valence-corrected chi connectivity index (χ3v) is 14.7. The summed E-state index contributed by atoms with van der Waals surface area (Å²) in [6.07, 6.45) is -2.31. The largest absolute Gasteiger partial charge is 1.00 e. The number of carbonyl (C=O) groups is 2. The molecule has 4 aliphatic rings. The van der Waals surface area contributed by atoms with Gasteiger partial charge in [0.15, 0.2) is 32.8 Å². The van der Waals surface area contributed by atoms with Crippen molar-refractivity contribution in [3.05, 3.63) is 164 Å². The molecule has 0 bridgehead atoms. The first-order valence-corrected chi connectivity index (χ1v) is 31.8. The van der Waals surface area contributed by atoms with Crippen LogP contribution in [0.15, 0.2) is 187 Å². The van der Waals surface area contributed by atoms with Crippen LogP contribution in [-0.2, 0) is 60.9 Å². The van der Waals surface area contributed by atoms with E-state index in [1.807, 2.05) is 48.5 Å². The molecule has 0 atom stereocenters. The van der Waals surface area contributed by atoms with E-state index in [2.05, 4.69) is 156 Å². The van der Waals surface area contributed by atoms with Gasteiger partial charge in [0, 0.05) is 76.8 Å². The SMILES string of the molecule is CC(F)(F)C(=O)OCN1CCOCC1.Cl.II.O=C(OCN1CCOCC1)[C-](F)F.O=S(=O)=O.[Cl-].[Na+].c1ccc([S+]2c3ccccc3Oc3ccccc32)cc1.c1ccc([S+]2c3ccccc3Oc3ccccc32)cc1. The topological polar surface area (TPSA) is 147 Å². The van der Waals surface area contributed by atoms with Gasteiger partial charge in [-0.15, -0.1) is 25.0 Å². The Morgan fingerprint density at radius 1 is 0.566 bits per heavy atom. The number of ether oxygens (including phenoxy) is 6. The number of hydrogen-bond donors (Lipinski definition) is 0. The van der Waals surface area contributed by atoms with E-state index in [0.717, 1.165) is 23.0 Å². The molecule has 76 heavy (non-hydrogen) atoms. The third kappa shape index (κ3) is 22.1. The quantitative estimate of drug-likeness (QED) is 0.0459. The van der Waals surface area contributed by atoms with Gasteiger partial charge in [0.25, 0.3) is 0 Å². The molecule has 2 fully saturated rings. The zero-order chi connectivity index (χ0) is 52.6. The summed E-state index contributed by atoms with van der Waals surface area (Å²) in [4.78, 5) is 32.2. The van der Waals surface area contributed by atoms with Gasteiger partial charge >= 0.3 is 52.1 Å². The maximum atomic E-state index is 12.4. The molecule has 0 unspecified atom stereocenters. The summed E-state index contributed by atoms with van der Waals surface area (Å²) < 4.78 is 104. The molecular weight excluding hydrogens is 1340 g/mol. The first kappa shape index (κ1) is 68.8. The fourth-order valence-electron chi connectivity index (χ4n) is 6.85. The molecule has 0 radical (unpaired) electrons. The summed E-state index contributed by atoms with van der Waals surface area (Å²) in [5.74, 6) is -2.56. The Kier molecular flexibility index (Phi) is 33.2. The van der Waals surface area contributed by atoms with Crippen molar-refractivity contribution in [3.8, 4) is 23.0 Å². The van der Waals surface area contributed by atoms with E-state index in [0.29, 0.717) is 59.5 Å². The van der Waals surface area contributed by atoms with Gasteiger partial charge < -0.3 is 49.6 Å². The molecule has 4 aliphatic heterocycles. The monoisotopic (exact) mass is 1380 g/mol. The van der Waals surface area contributed by atoms with Crippen molar-refractivity contribution < 1.29 is 110 Å². The predicted molar refractivity (Wildman–Crippen MR) is 291 cm³/mol. The zero-order valence-electron chi connectivity index (χ0n) is 40.7. The van der Waals surface area contributed by atoms with Crippen LogP contribution in [0, 0.1) is 6.43 Å². The normalized spacial score (nSPS) is 14.0. The van der Waals surface area contributed by atoms with Crippen LogP contribution in [0.4, 0.5) is 17.6 Å². The minimum Gasteiger partial charge on any atom is -1.00 e. The van der Waals surface area contributed by atoms with E-state index in [1.54, 1.807) is 9.80 Å². The van der Waals surface area contributed by atoms with E-state index in [-0.39, 0.29) is 89.6 Å². The number of hydrogen-bond acceptors (Lipinski definition) is 13. The van der Waals surface area contributed by atoms with E-state index < -0.39 is 34.9 Å². The Bertz CT molecular complexity index is 2550. The molecule has 0 aliphatic carbocycles. The first-order valence-electron chi connectivity index (χ1n) is 22.0. The van der Waals surface area contributed by atoms with Crippen LogP contribution in [-0.4, -0.2) is 106 Å². The summed E-state index contributed by atoms with van der Waals surface area (Å²) in [5.41, 5.74) is 0. The van der Waals surface area contributed by atoms with Gasteiger partial charge in [0.1, 0.15) is 35.3 Å². The number of morpholine rings is 2. The third-order valence-electron chi connectivity index (χ3n) is 10.2. The van der Waals surface area contributed by atoms with Crippen LogP contribution in [0.2, 0.25) is 0 Å². The fraction of sp³-hybridized carbons (Fsp3) is 0.235. The molecule has 0 amide bonds. The Labute approximate surface area is 504 Å². The van der Waals surface area contributed by atoms with E-state index in [9.17, 15) is 27.2 Å². The van der Waals surface area contributed by atoms with Crippen molar-refractivity contribution in [2.45, 2.75) is 42.2 Å². The zero-order valence-corrected chi connectivity index (χ0v) is 51.1. The molecule has 6 aromatic rings. The van der Waals surface area contributed by atoms with Crippen molar-refractivity contribution in [3.63, 3.8) is 0 Å². The second-order valence-electron chi connectivity index (χ2n) is 15.2. The van der Waals surface area contributed by atoms with Crippen molar-refractivity contribution >= 4 is 94.0 Å². The number of para-hydroxylation sites is 4. The minimum atomic E-state index is -3.41. The van der Waals surface area contributed by atoms with Crippen LogP contribution >= 0.6 is 49.6 Å². The summed E-state index contributed by atoms with van der Waals surface area (Å²) in [7, 11) is -3.28. The van der Waals surface area contributed by atoms with Crippen molar-refractivity contribution in [1.29, 1.82) is 0 Å². The second-order valence-corrected chi connectivity index (χ2v) is 19.5. The minimum absolute atomic E-state index is 0. The maximum Gasteiger partial charge on any atom is 1.00 e. The van der Waals surface area contributed by atoms with Gasteiger partial charge in [-0.25, -0.2) is 4.79 Å². The van der Waals surface area contributed by atoms with Crippen LogP contribution in [0.1, 0.15) is 6.92 Å². The number of benzene rings is 6. The Balaban J connectivity index is 0.000000336. The molecule has 0 saturated carbocycles. The summed E-state index contributed by atoms with van der Waals surface area (Å²) in [5, 5.41) is 0. The Morgan fingerprint density at radius 2 is 0.842 bits per heavy atom. The summed E-state index contributed by atoms with van der Waals surface area (Å²) in [6, 6.07) is 54.6. The summed E-state index contributed by atoms with van der Waals surface area (Å²) in [6.45, 7) is 4.90. The Morgan fingerprint density at radius 3 is 1.13 bits per heavy atom. The fourth-order valence-corrected chi connectivity index (χ4v) is 11.3. The van der Waals surface area contributed by atoms with Gasteiger partial charge in [-0.05, 0) is 72.8 Å². The first-order chi connectivity index (χ1) is 35.3. The van der Waals surface area contributed by atoms with Crippen LogP contribution in [0.25, 0.3) is 0 Å². The number of nitrogens with zero attached hydrogens (tertiary/aromatic N) is 2.